The van der Waals surface area contributed by atoms with E-state index in [0.717, 1.165) is 10.0 Å². The zero-order chi connectivity index (χ0) is 14.5. The van der Waals surface area contributed by atoms with Gasteiger partial charge in [-0.2, -0.15) is 0 Å². The van der Waals surface area contributed by atoms with Crippen molar-refractivity contribution in [2.75, 3.05) is 12.4 Å². The maximum atomic E-state index is 11.8. The number of rotatable bonds is 4. The van der Waals surface area contributed by atoms with Crippen molar-refractivity contribution in [2.24, 2.45) is 0 Å². The predicted octanol–water partition coefficient (Wildman–Crippen LogP) is 3.80. The highest BCUT2D eigenvalue weighted by Crippen LogP contribution is 2.23. The van der Waals surface area contributed by atoms with Gasteiger partial charge in [0.1, 0.15) is 11.4 Å². The monoisotopic (exact) mass is 334 g/mol. The number of aromatic nitrogens is 1. The van der Waals surface area contributed by atoms with Gasteiger partial charge in [-0.1, -0.05) is 30.3 Å². The molecule has 0 amide bonds. The van der Waals surface area contributed by atoms with E-state index in [2.05, 4.69) is 26.2 Å². The van der Waals surface area contributed by atoms with Gasteiger partial charge in [0.15, 0.2) is 0 Å². The van der Waals surface area contributed by atoms with E-state index in [1.54, 1.807) is 12.3 Å². The number of hydrogen-bond donors (Lipinski definition) is 1. The molecule has 104 valence electrons. The van der Waals surface area contributed by atoms with E-state index in [-0.39, 0.29) is 6.04 Å². The smallest absolute Gasteiger partial charge is 0.341 e. The van der Waals surface area contributed by atoms with Gasteiger partial charge >= 0.3 is 5.97 Å². The molecule has 1 N–H and O–H groups in total. The van der Waals surface area contributed by atoms with Crippen LogP contribution in [0.4, 0.5) is 5.82 Å². The molecular weight excluding hydrogens is 320 g/mol. The number of nitrogens with zero attached hydrogens (tertiary/aromatic N) is 1. The van der Waals surface area contributed by atoms with E-state index in [0.29, 0.717) is 11.4 Å². The first-order valence-electron chi connectivity index (χ1n) is 6.17. The van der Waals surface area contributed by atoms with Gasteiger partial charge in [0.05, 0.1) is 7.11 Å². The number of pyridine rings is 1. The average Bonchev–Trinajstić information content (AvgIpc) is 2.49. The molecule has 0 aliphatic rings. The molecule has 0 radical (unpaired) electrons. The van der Waals surface area contributed by atoms with Crippen molar-refractivity contribution in [3.63, 3.8) is 0 Å². The summed E-state index contributed by atoms with van der Waals surface area (Å²) in [5, 5.41) is 3.24. The molecular formula is C15H15BrN2O2. The Kier molecular flexibility index (Phi) is 4.74. The number of ether oxygens (including phenoxy) is 1. The van der Waals surface area contributed by atoms with Crippen LogP contribution in [0, 0.1) is 0 Å². The lowest BCUT2D eigenvalue weighted by Crippen LogP contribution is -2.13. The molecule has 0 saturated carbocycles. The van der Waals surface area contributed by atoms with Gasteiger partial charge in [-0.25, -0.2) is 9.78 Å². The fourth-order valence-electron chi connectivity index (χ4n) is 1.85. The number of halogens is 1. The average molecular weight is 335 g/mol. The summed E-state index contributed by atoms with van der Waals surface area (Å²) >= 11 is 3.31. The molecule has 0 fully saturated rings. The van der Waals surface area contributed by atoms with Crippen LogP contribution in [-0.4, -0.2) is 18.1 Å². The summed E-state index contributed by atoms with van der Waals surface area (Å²) in [4.78, 5) is 16.0. The van der Waals surface area contributed by atoms with Crippen LogP contribution in [0.25, 0.3) is 0 Å². The summed E-state index contributed by atoms with van der Waals surface area (Å²) in [7, 11) is 1.35. The summed E-state index contributed by atoms with van der Waals surface area (Å²) in [6.07, 6.45) is 1.65. The summed E-state index contributed by atoms with van der Waals surface area (Å²) in [5.41, 5.74) is 1.53. The van der Waals surface area contributed by atoms with Gasteiger partial charge in [0.25, 0.3) is 0 Å². The van der Waals surface area contributed by atoms with Gasteiger partial charge in [-0.05, 0) is 34.5 Å². The first kappa shape index (κ1) is 14.5. The van der Waals surface area contributed by atoms with Crippen LogP contribution in [0.5, 0.6) is 0 Å². The molecule has 2 rings (SSSR count). The molecule has 2 aromatic rings. The van der Waals surface area contributed by atoms with Gasteiger partial charge < -0.3 is 10.1 Å². The van der Waals surface area contributed by atoms with Gasteiger partial charge in [-0.3, -0.25) is 0 Å². The summed E-state index contributed by atoms with van der Waals surface area (Å²) in [5.74, 6) is 0.0953. The molecule has 0 spiro atoms. The van der Waals surface area contributed by atoms with Crippen molar-refractivity contribution < 1.29 is 9.53 Å². The quantitative estimate of drug-likeness (QED) is 0.864. The number of methoxy groups -OCH3 is 1. The van der Waals surface area contributed by atoms with Crippen molar-refractivity contribution in [1.29, 1.82) is 0 Å². The Labute approximate surface area is 126 Å². The van der Waals surface area contributed by atoms with Crippen LogP contribution in [0.15, 0.2) is 47.1 Å². The summed E-state index contributed by atoms with van der Waals surface area (Å²) < 4.78 is 5.51. The molecule has 1 atom stereocenters. The number of nitrogens with one attached hydrogen (secondary N) is 1. The number of carbonyl (C=O) groups excluding carboxylic acids is 1. The Balaban J connectivity index is 2.27. The standard InChI is InChI=1S/C15H15BrN2O2/c1-10(11-6-4-3-5-7-11)18-14-13(15(19)20-2)8-12(16)9-17-14/h3-10H,1-2H3,(H,17,18). The molecule has 1 heterocycles. The second kappa shape index (κ2) is 6.52. The van der Waals surface area contributed by atoms with Gasteiger partial charge in [-0.15, -0.1) is 0 Å². The first-order chi connectivity index (χ1) is 9.61. The molecule has 1 aromatic carbocycles. The maximum absolute atomic E-state index is 11.8. The molecule has 0 aliphatic heterocycles. The van der Waals surface area contributed by atoms with Gasteiger partial charge in [0.2, 0.25) is 0 Å². The van der Waals surface area contributed by atoms with Crippen molar-refractivity contribution in [3.8, 4) is 0 Å². The topological polar surface area (TPSA) is 51.2 Å². The highest BCUT2D eigenvalue weighted by atomic mass is 79.9. The second-order valence-electron chi connectivity index (χ2n) is 4.32. The Bertz CT molecular complexity index is 602. The number of benzene rings is 1. The van der Waals surface area contributed by atoms with Crippen molar-refractivity contribution in [2.45, 2.75) is 13.0 Å². The van der Waals surface area contributed by atoms with E-state index in [1.165, 1.54) is 7.11 Å². The molecule has 0 bridgehead atoms. The van der Waals surface area contributed by atoms with E-state index >= 15 is 0 Å². The zero-order valence-corrected chi connectivity index (χ0v) is 12.8. The molecule has 0 aliphatic carbocycles. The lowest BCUT2D eigenvalue weighted by molar-refractivity contribution is 0.0601. The largest absolute Gasteiger partial charge is 0.465 e. The molecule has 1 aromatic heterocycles. The van der Waals surface area contributed by atoms with Crippen LogP contribution < -0.4 is 5.32 Å². The van der Waals surface area contributed by atoms with Crippen LogP contribution in [0.2, 0.25) is 0 Å². The molecule has 0 saturated heterocycles. The minimum absolute atomic E-state index is 0.0354. The van der Waals surface area contributed by atoms with Crippen molar-refractivity contribution in [3.05, 3.63) is 58.2 Å². The number of anilines is 1. The Morgan fingerprint density at radius 2 is 2.05 bits per heavy atom. The predicted molar refractivity (Wildman–Crippen MR) is 81.8 cm³/mol. The Morgan fingerprint density at radius 3 is 2.70 bits per heavy atom. The highest BCUT2D eigenvalue weighted by molar-refractivity contribution is 9.10. The third-order valence-corrected chi connectivity index (χ3v) is 3.35. The first-order valence-corrected chi connectivity index (χ1v) is 6.96. The lowest BCUT2D eigenvalue weighted by atomic mass is 10.1. The maximum Gasteiger partial charge on any atom is 0.341 e. The zero-order valence-electron chi connectivity index (χ0n) is 11.3. The number of hydrogen-bond acceptors (Lipinski definition) is 4. The van der Waals surface area contributed by atoms with E-state index < -0.39 is 5.97 Å². The van der Waals surface area contributed by atoms with Gasteiger partial charge in [0, 0.05) is 16.7 Å². The number of carbonyl (C=O) groups is 1. The minimum atomic E-state index is -0.415. The Hall–Kier alpha value is -1.88. The summed E-state index contributed by atoms with van der Waals surface area (Å²) in [6.45, 7) is 2.01. The van der Waals surface area contributed by atoms with Crippen LogP contribution >= 0.6 is 15.9 Å². The highest BCUT2D eigenvalue weighted by Gasteiger charge is 2.16. The van der Waals surface area contributed by atoms with Crippen molar-refractivity contribution in [1.82, 2.24) is 4.98 Å². The molecule has 1 unspecified atom stereocenters. The van der Waals surface area contributed by atoms with E-state index in [4.69, 9.17) is 4.74 Å². The minimum Gasteiger partial charge on any atom is -0.465 e. The molecule has 5 heteroatoms. The number of esters is 1. The van der Waals surface area contributed by atoms with E-state index in [1.807, 2.05) is 37.3 Å². The third kappa shape index (κ3) is 3.36. The SMILES string of the molecule is COC(=O)c1cc(Br)cnc1NC(C)c1ccccc1. The van der Waals surface area contributed by atoms with Crippen molar-refractivity contribution >= 4 is 27.7 Å². The third-order valence-electron chi connectivity index (χ3n) is 2.91. The fraction of sp³-hybridized carbons (Fsp3) is 0.200. The Morgan fingerprint density at radius 1 is 1.35 bits per heavy atom. The lowest BCUT2D eigenvalue weighted by Gasteiger charge is -2.17. The van der Waals surface area contributed by atoms with E-state index in [9.17, 15) is 4.79 Å². The van der Waals surface area contributed by atoms with Crippen LogP contribution in [0.1, 0.15) is 28.9 Å². The molecule has 20 heavy (non-hydrogen) atoms. The van der Waals surface area contributed by atoms with Crippen LogP contribution in [0.3, 0.4) is 0 Å². The normalized spacial score (nSPS) is 11.8. The second-order valence-corrected chi connectivity index (χ2v) is 5.23. The summed E-state index contributed by atoms with van der Waals surface area (Å²) in [6, 6.07) is 11.7. The van der Waals surface area contributed by atoms with Crippen LogP contribution in [-0.2, 0) is 4.74 Å². The fourth-order valence-corrected chi connectivity index (χ4v) is 2.18. The molecule has 4 nitrogen and oxygen atoms in total.